The molecule has 0 aliphatic heterocycles. The minimum atomic E-state index is 0.0727. The first-order valence-electron chi connectivity index (χ1n) is 8.94. The van der Waals surface area contributed by atoms with E-state index in [2.05, 4.69) is 0 Å². The molecule has 2 aromatic heterocycles. The first-order valence-corrected chi connectivity index (χ1v) is 10.1. The van der Waals surface area contributed by atoms with Crippen LogP contribution in [0, 0.1) is 0 Å². The largest absolute Gasteiger partial charge is 0.383 e. The van der Waals surface area contributed by atoms with E-state index in [-0.39, 0.29) is 5.56 Å². The molecule has 6 heteroatoms. The molecule has 2 heterocycles. The molecule has 1 aliphatic carbocycles. The predicted octanol–water partition coefficient (Wildman–Crippen LogP) is 4.23. The van der Waals surface area contributed by atoms with E-state index < -0.39 is 0 Å². The minimum absolute atomic E-state index is 0.0727. The number of benzene rings is 1. The van der Waals surface area contributed by atoms with Crippen molar-refractivity contribution < 1.29 is 4.74 Å². The number of methoxy groups -OCH3 is 1. The molecule has 136 valence electrons. The Kier molecular flexibility index (Phi) is 5.11. The van der Waals surface area contributed by atoms with E-state index in [9.17, 15) is 4.79 Å². The van der Waals surface area contributed by atoms with Crippen molar-refractivity contribution >= 4 is 33.2 Å². The number of rotatable bonds is 5. The average Bonchev–Trinajstić information content (AvgIpc) is 3.00. The van der Waals surface area contributed by atoms with Gasteiger partial charge in [0.25, 0.3) is 5.56 Å². The van der Waals surface area contributed by atoms with Gasteiger partial charge >= 0.3 is 0 Å². The van der Waals surface area contributed by atoms with E-state index in [0.29, 0.717) is 24.6 Å². The van der Waals surface area contributed by atoms with Crippen LogP contribution in [-0.4, -0.2) is 23.3 Å². The van der Waals surface area contributed by atoms with Crippen LogP contribution in [0.25, 0.3) is 10.2 Å². The van der Waals surface area contributed by atoms with Gasteiger partial charge < -0.3 is 4.74 Å². The lowest BCUT2D eigenvalue weighted by atomic mass is 9.97. The first-order chi connectivity index (χ1) is 12.7. The Morgan fingerprint density at radius 3 is 2.96 bits per heavy atom. The highest BCUT2D eigenvalue weighted by Crippen LogP contribution is 2.34. The summed E-state index contributed by atoms with van der Waals surface area (Å²) in [6.45, 7) is 1.00. The molecule has 0 atom stereocenters. The molecule has 26 heavy (non-hydrogen) atoms. The third kappa shape index (κ3) is 3.31. The Morgan fingerprint density at radius 1 is 1.31 bits per heavy atom. The number of halogens is 1. The van der Waals surface area contributed by atoms with Gasteiger partial charge in [0, 0.05) is 23.4 Å². The maximum absolute atomic E-state index is 13.3. The second kappa shape index (κ2) is 7.51. The molecule has 0 fully saturated rings. The monoisotopic (exact) mass is 388 g/mol. The molecule has 0 unspecified atom stereocenters. The van der Waals surface area contributed by atoms with Crippen molar-refractivity contribution in [2.24, 2.45) is 0 Å². The highest BCUT2D eigenvalue weighted by Gasteiger charge is 2.22. The summed E-state index contributed by atoms with van der Waals surface area (Å²) in [5.41, 5.74) is 2.36. The fraction of sp³-hybridized carbons (Fsp3) is 0.400. The lowest BCUT2D eigenvalue weighted by molar-refractivity contribution is 0.185. The Balaban J connectivity index is 1.86. The van der Waals surface area contributed by atoms with Crippen molar-refractivity contribution in [1.82, 2.24) is 9.55 Å². The van der Waals surface area contributed by atoms with E-state index in [4.69, 9.17) is 21.3 Å². The Bertz CT molecular complexity index is 1010. The molecular formula is C20H21ClN2O2S. The van der Waals surface area contributed by atoms with Gasteiger partial charge in [-0.2, -0.15) is 0 Å². The normalized spacial score (nSPS) is 13.9. The van der Waals surface area contributed by atoms with Crippen LogP contribution >= 0.6 is 22.9 Å². The predicted molar refractivity (Wildman–Crippen MR) is 107 cm³/mol. The zero-order valence-corrected chi connectivity index (χ0v) is 16.3. The molecule has 0 saturated carbocycles. The van der Waals surface area contributed by atoms with Gasteiger partial charge in [0.15, 0.2) is 0 Å². The fourth-order valence-electron chi connectivity index (χ4n) is 3.66. The zero-order chi connectivity index (χ0) is 18.1. The van der Waals surface area contributed by atoms with E-state index in [1.54, 1.807) is 23.0 Å². The first kappa shape index (κ1) is 17.7. The van der Waals surface area contributed by atoms with Gasteiger partial charge in [-0.05, 0) is 48.9 Å². The number of aromatic nitrogens is 2. The van der Waals surface area contributed by atoms with Crippen molar-refractivity contribution in [3.8, 4) is 0 Å². The van der Waals surface area contributed by atoms with Crippen LogP contribution in [0.2, 0.25) is 5.02 Å². The van der Waals surface area contributed by atoms with Gasteiger partial charge in [0.2, 0.25) is 0 Å². The standard InChI is InChI=1S/C20H21ClN2O2S/c1-25-10-9-23-17(12-13-5-4-6-14(21)11-13)22-19-18(20(23)24)15-7-2-3-8-16(15)26-19/h4-6,11H,2-3,7-10,12H2,1H3. The number of aryl methyl sites for hydroxylation is 2. The second-order valence-electron chi connectivity index (χ2n) is 6.68. The Hall–Kier alpha value is -1.69. The SMILES string of the molecule is COCCn1c(Cc2cccc(Cl)c2)nc2sc3c(c2c1=O)CCCC3. The molecule has 3 aromatic rings. The van der Waals surface area contributed by atoms with Crippen molar-refractivity contribution in [2.45, 2.75) is 38.6 Å². The van der Waals surface area contributed by atoms with Crippen LogP contribution in [0.4, 0.5) is 0 Å². The van der Waals surface area contributed by atoms with Crippen LogP contribution in [0.15, 0.2) is 29.1 Å². The van der Waals surface area contributed by atoms with Gasteiger partial charge in [0.1, 0.15) is 10.7 Å². The summed E-state index contributed by atoms with van der Waals surface area (Å²) in [6, 6.07) is 7.73. The van der Waals surface area contributed by atoms with Gasteiger partial charge in [-0.1, -0.05) is 23.7 Å². The summed E-state index contributed by atoms with van der Waals surface area (Å²) < 4.78 is 7.01. The molecule has 4 nitrogen and oxygen atoms in total. The number of thiophene rings is 1. The third-order valence-electron chi connectivity index (χ3n) is 4.92. The third-order valence-corrected chi connectivity index (χ3v) is 6.34. The van der Waals surface area contributed by atoms with E-state index >= 15 is 0 Å². The number of hydrogen-bond donors (Lipinski definition) is 0. The molecule has 1 aliphatic rings. The topological polar surface area (TPSA) is 44.1 Å². The Morgan fingerprint density at radius 2 is 2.15 bits per heavy atom. The van der Waals surface area contributed by atoms with Gasteiger partial charge in [-0.15, -0.1) is 11.3 Å². The molecule has 0 N–H and O–H groups in total. The van der Waals surface area contributed by atoms with Crippen LogP contribution in [0.5, 0.6) is 0 Å². The smallest absolute Gasteiger partial charge is 0.262 e. The van der Waals surface area contributed by atoms with Crippen LogP contribution in [-0.2, 0) is 30.5 Å². The lowest BCUT2D eigenvalue weighted by Gasteiger charge is -2.14. The summed E-state index contributed by atoms with van der Waals surface area (Å²) in [5, 5.41) is 1.52. The van der Waals surface area contributed by atoms with Crippen LogP contribution in [0.1, 0.15) is 34.7 Å². The van der Waals surface area contributed by atoms with Crippen molar-refractivity contribution in [2.75, 3.05) is 13.7 Å². The average molecular weight is 389 g/mol. The molecule has 0 spiro atoms. The molecule has 0 saturated heterocycles. The second-order valence-corrected chi connectivity index (χ2v) is 8.20. The van der Waals surface area contributed by atoms with Crippen molar-refractivity contribution in [3.63, 3.8) is 0 Å². The zero-order valence-electron chi connectivity index (χ0n) is 14.8. The Labute approximate surface area is 161 Å². The molecule has 0 amide bonds. The summed E-state index contributed by atoms with van der Waals surface area (Å²) in [5.74, 6) is 0.778. The van der Waals surface area contributed by atoms with Gasteiger partial charge in [-0.25, -0.2) is 4.98 Å². The molecule has 0 radical (unpaired) electrons. The molecule has 0 bridgehead atoms. The summed E-state index contributed by atoms with van der Waals surface area (Å²) in [4.78, 5) is 20.4. The van der Waals surface area contributed by atoms with Crippen LogP contribution < -0.4 is 5.56 Å². The molecular weight excluding hydrogens is 368 g/mol. The maximum Gasteiger partial charge on any atom is 0.262 e. The number of ether oxygens (including phenoxy) is 1. The van der Waals surface area contributed by atoms with Crippen molar-refractivity contribution in [3.05, 3.63) is 61.5 Å². The van der Waals surface area contributed by atoms with E-state index in [1.807, 2.05) is 24.3 Å². The summed E-state index contributed by atoms with van der Waals surface area (Å²) in [6.07, 6.45) is 4.99. The fourth-order valence-corrected chi connectivity index (χ4v) is 5.14. The number of fused-ring (bicyclic) bond motifs is 3. The lowest BCUT2D eigenvalue weighted by Crippen LogP contribution is -2.27. The van der Waals surface area contributed by atoms with Gasteiger partial charge in [-0.3, -0.25) is 9.36 Å². The maximum atomic E-state index is 13.3. The highest BCUT2D eigenvalue weighted by molar-refractivity contribution is 7.18. The number of nitrogens with zero attached hydrogens (tertiary/aromatic N) is 2. The van der Waals surface area contributed by atoms with E-state index in [1.165, 1.54) is 16.9 Å². The number of hydrogen-bond acceptors (Lipinski definition) is 4. The highest BCUT2D eigenvalue weighted by atomic mass is 35.5. The molecule has 1 aromatic carbocycles. The summed E-state index contributed by atoms with van der Waals surface area (Å²) >= 11 is 7.82. The van der Waals surface area contributed by atoms with Gasteiger partial charge in [0.05, 0.1) is 18.5 Å². The van der Waals surface area contributed by atoms with Crippen molar-refractivity contribution in [1.29, 1.82) is 0 Å². The van der Waals surface area contributed by atoms with Crippen LogP contribution in [0.3, 0.4) is 0 Å². The summed E-state index contributed by atoms with van der Waals surface area (Å²) in [7, 11) is 1.65. The van der Waals surface area contributed by atoms with E-state index in [0.717, 1.165) is 40.9 Å². The molecule has 4 rings (SSSR count). The minimum Gasteiger partial charge on any atom is -0.383 e. The quantitative estimate of drug-likeness (QED) is 0.657.